The number of hydrogen-bond donors (Lipinski definition) is 1. The number of carbonyl (C=O) groups is 1. The number of hydrogen-bond acceptors (Lipinski definition) is 4. The summed E-state index contributed by atoms with van der Waals surface area (Å²) < 4.78 is 12.9. The second-order valence-electron chi connectivity index (χ2n) is 4.23. The van der Waals surface area contributed by atoms with Gasteiger partial charge in [0.2, 0.25) is 0 Å². The summed E-state index contributed by atoms with van der Waals surface area (Å²) in [5.74, 6) is -0.356. The van der Waals surface area contributed by atoms with Crippen LogP contribution in [0.25, 0.3) is 0 Å². The number of nitrogens with one attached hydrogen (secondary N) is 1. The molecule has 0 saturated carbocycles. The van der Waals surface area contributed by atoms with E-state index in [0.29, 0.717) is 15.4 Å². The van der Waals surface area contributed by atoms with Gasteiger partial charge in [-0.05, 0) is 37.0 Å². The second kappa shape index (κ2) is 4.76. The smallest absolute Gasteiger partial charge is 0.266 e. The van der Waals surface area contributed by atoms with Crippen molar-refractivity contribution in [1.82, 2.24) is 0 Å². The Bertz CT molecular complexity index is 696. The molecular formula is C13H9FN2OS2. The molecule has 1 aliphatic rings. The van der Waals surface area contributed by atoms with E-state index in [2.05, 4.69) is 11.4 Å². The third-order valence-corrected chi connectivity index (χ3v) is 5.14. The van der Waals surface area contributed by atoms with Gasteiger partial charge in [0.15, 0.2) is 5.13 Å². The lowest BCUT2D eigenvalue weighted by Crippen LogP contribution is -2.10. The maximum atomic E-state index is 12.9. The van der Waals surface area contributed by atoms with E-state index in [1.807, 2.05) is 0 Å². The number of carbonyl (C=O) groups excluding carboxylic acids is 1. The fourth-order valence-electron chi connectivity index (χ4n) is 2.21. The molecule has 0 bridgehead atoms. The minimum Gasteiger partial charge on any atom is -0.312 e. The molecule has 3 nitrogen and oxygen atoms in total. The molecule has 0 fully saturated rings. The first-order chi connectivity index (χ1) is 9.19. The van der Waals surface area contributed by atoms with Crippen LogP contribution >= 0.6 is 22.7 Å². The van der Waals surface area contributed by atoms with Gasteiger partial charge < -0.3 is 5.32 Å². The highest BCUT2D eigenvalue weighted by atomic mass is 32.1. The lowest BCUT2D eigenvalue weighted by molar-refractivity contribution is 0.103. The highest BCUT2D eigenvalue weighted by molar-refractivity contribution is 7.17. The Hall–Kier alpha value is -1.71. The molecule has 1 aliphatic carbocycles. The summed E-state index contributed by atoms with van der Waals surface area (Å²) in [6.07, 6.45) is 2.94. The van der Waals surface area contributed by atoms with Gasteiger partial charge in [-0.25, -0.2) is 0 Å². The molecule has 19 heavy (non-hydrogen) atoms. The van der Waals surface area contributed by atoms with Gasteiger partial charge in [-0.15, -0.1) is 22.7 Å². The van der Waals surface area contributed by atoms with E-state index in [4.69, 9.17) is 0 Å². The molecule has 96 valence electrons. The van der Waals surface area contributed by atoms with Crippen LogP contribution < -0.4 is 5.32 Å². The third kappa shape index (κ3) is 2.15. The van der Waals surface area contributed by atoms with Crippen LogP contribution in [0.15, 0.2) is 12.1 Å². The summed E-state index contributed by atoms with van der Waals surface area (Å²) in [6.45, 7) is 0. The van der Waals surface area contributed by atoms with Gasteiger partial charge in [0.05, 0.1) is 10.4 Å². The largest absolute Gasteiger partial charge is 0.312 e. The number of aryl methyl sites for hydroxylation is 1. The zero-order valence-corrected chi connectivity index (χ0v) is 11.5. The molecule has 2 aromatic rings. The monoisotopic (exact) mass is 292 g/mol. The number of nitrogens with zero attached hydrogens (tertiary/aromatic N) is 1. The minimum atomic E-state index is -0.390. The van der Waals surface area contributed by atoms with Crippen LogP contribution in [0.1, 0.15) is 32.1 Å². The van der Waals surface area contributed by atoms with Crippen molar-refractivity contribution in [1.29, 1.82) is 5.26 Å². The standard InChI is InChI=1S/C13H9FN2OS2/c14-11-5-4-10(18-11)12(17)16-13-8(6-15)7-2-1-3-9(7)19-13/h4-5H,1-3H2,(H,16,17). The molecule has 0 unspecified atom stereocenters. The number of fused-ring (bicyclic) bond motifs is 1. The molecule has 2 heterocycles. The molecular weight excluding hydrogens is 283 g/mol. The quantitative estimate of drug-likeness (QED) is 0.920. The van der Waals surface area contributed by atoms with Crippen LogP contribution in [-0.2, 0) is 12.8 Å². The van der Waals surface area contributed by atoms with Gasteiger partial charge in [0.25, 0.3) is 5.91 Å². The van der Waals surface area contributed by atoms with Crippen molar-refractivity contribution in [3.63, 3.8) is 0 Å². The lowest BCUT2D eigenvalue weighted by atomic mass is 10.1. The second-order valence-corrected chi connectivity index (χ2v) is 6.37. The number of anilines is 1. The zero-order valence-electron chi connectivity index (χ0n) is 9.83. The summed E-state index contributed by atoms with van der Waals surface area (Å²) >= 11 is 2.26. The fourth-order valence-corrected chi connectivity index (χ4v) is 4.07. The van der Waals surface area contributed by atoms with Crippen molar-refractivity contribution in [2.75, 3.05) is 5.32 Å². The molecule has 0 spiro atoms. The van der Waals surface area contributed by atoms with Gasteiger partial charge in [-0.3, -0.25) is 4.79 Å². The maximum absolute atomic E-state index is 12.9. The van der Waals surface area contributed by atoms with E-state index in [-0.39, 0.29) is 11.0 Å². The molecule has 6 heteroatoms. The topological polar surface area (TPSA) is 52.9 Å². The predicted molar refractivity (Wildman–Crippen MR) is 73.3 cm³/mol. The Balaban J connectivity index is 1.88. The fraction of sp³-hybridized carbons (Fsp3) is 0.231. The van der Waals surface area contributed by atoms with Crippen molar-refractivity contribution in [3.8, 4) is 6.07 Å². The Morgan fingerprint density at radius 2 is 2.21 bits per heavy atom. The van der Waals surface area contributed by atoms with E-state index >= 15 is 0 Å². The number of halogens is 1. The average Bonchev–Trinajstić information content (AvgIpc) is 3.04. The van der Waals surface area contributed by atoms with E-state index in [9.17, 15) is 14.4 Å². The van der Waals surface area contributed by atoms with Gasteiger partial charge in [0, 0.05) is 4.88 Å². The summed E-state index contributed by atoms with van der Waals surface area (Å²) in [5.41, 5.74) is 1.64. The molecule has 2 aromatic heterocycles. The minimum absolute atomic E-state index is 0.315. The van der Waals surface area contributed by atoms with Gasteiger partial charge in [-0.2, -0.15) is 9.65 Å². The molecule has 0 saturated heterocycles. The van der Waals surface area contributed by atoms with Crippen molar-refractivity contribution in [2.45, 2.75) is 19.3 Å². The molecule has 0 aliphatic heterocycles. The highest BCUT2D eigenvalue weighted by Gasteiger charge is 2.23. The van der Waals surface area contributed by atoms with Crippen molar-refractivity contribution in [3.05, 3.63) is 38.1 Å². The van der Waals surface area contributed by atoms with E-state index in [1.165, 1.54) is 28.3 Å². The third-order valence-electron chi connectivity index (χ3n) is 3.06. The van der Waals surface area contributed by atoms with E-state index in [0.717, 1.165) is 36.2 Å². The number of nitriles is 1. The SMILES string of the molecule is N#Cc1c(NC(=O)c2ccc(F)s2)sc2c1CCC2. The summed E-state index contributed by atoms with van der Waals surface area (Å²) in [4.78, 5) is 13.5. The Morgan fingerprint density at radius 1 is 1.37 bits per heavy atom. The Kier molecular flexibility index (Phi) is 3.09. The Morgan fingerprint density at radius 3 is 2.89 bits per heavy atom. The zero-order chi connectivity index (χ0) is 13.4. The first-order valence-electron chi connectivity index (χ1n) is 5.80. The summed E-state index contributed by atoms with van der Waals surface area (Å²) in [6, 6.07) is 4.87. The van der Waals surface area contributed by atoms with Gasteiger partial charge >= 0.3 is 0 Å². The molecule has 0 radical (unpaired) electrons. The van der Waals surface area contributed by atoms with Gasteiger partial charge in [0.1, 0.15) is 11.1 Å². The van der Waals surface area contributed by atoms with Crippen molar-refractivity contribution < 1.29 is 9.18 Å². The van der Waals surface area contributed by atoms with Gasteiger partial charge in [-0.1, -0.05) is 0 Å². The normalized spacial score (nSPS) is 13.1. The van der Waals surface area contributed by atoms with Crippen LogP contribution in [0, 0.1) is 16.5 Å². The van der Waals surface area contributed by atoms with Crippen LogP contribution in [-0.4, -0.2) is 5.91 Å². The van der Waals surface area contributed by atoms with Crippen LogP contribution in [0.4, 0.5) is 9.39 Å². The molecule has 1 N–H and O–H groups in total. The van der Waals surface area contributed by atoms with E-state index in [1.54, 1.807) is 0 Å². The predicted octanol–water partition coefficient (Wildman–Crippen LogP) is 3.56. The first-order valence-corrected chi connectivity index (χ1v) is 7.43. The summed E-state index contributed by atoms with van der Waals surface area (Å²) in [5, 5.41) is 12.1. The molecule has 0 aromatic carbocycles. The number of thiophene rings is 2. The molecule has 1 amide bonds. The van der Waals surface area contributed by atoms with E-state index < -0.39 is 0 Å². The maximum Gasteiger partial charge on any atom is 0.266 e. The lowest BCUT2D eigenvalue weighted by Gasteiger charge is -2.01. The van der Waals surface area contributed by atoms with Crippen LogP contribution in [0.2, 0.25) is 0 Å². The Labute approximate surface area is 117 Å². The number of rotatable bonds is 2. The summed E-state index contributed by atoms with van der Waals surface area (Å²) in [7, 11) is 0. The molecule has 0 atom stereocenters. The van der Waals surface area contributed by atoms with Crippen molar-refractivity contribution >= 4 is 33.6 Å². The first kappa shape index (κ1) is 12.3. The van der Waals surface area contributed by atoms with Crippen LogP contribution in [0.5, 0.6) is 0 Å². The number of amides is 1. The van der Waals surface area contributed by atoms with Crippen molar-refractivity contribution in [2.24, 2.45) is 0 Å². The highest BCUT2D eigenvalue weighted by Crippen LogP contribution is 2.38. The average molecular weight is 292 g/mol. The molecule has 3 rings (SSSR count). The van der Waals surface area contributed by atoms with Crippen LogP contribution in [0.3, 0.4) is 0 Å².